The largest absolute Gasteiger partial charge is 0.523 e. The smallest absolute Gasteiger partial charge is 0.449 e. The van der Waals surface area contributed by atoms with Crippen LogP contribution in [0.25, 0.3) is 0 Å². The number of rotatable bonds is 1. The van der Waals surface area contributed by atoms with Gasteiger partial charge >= 0.3 is 16.6 Å². The predicted octanol–water partition coefficient (Wildman–Crippen LogP) is -0.357. The van der Waals surface area contributed by atoms with Gasteiger partial charge in [-0.25, -0.2) is 4.79 Å². The maximum Gasteiger partial charge on any atom is 0.523 e. The van der Waals surface area contributed by atoms with Gasteiger partial charge in [0.05, 0.1) is 0 Å². The molecule has 0 aromatic rings. The Bertz CT molecular complexity index is 184. The first-order valence-corrected chi connectivity index (χ1v) is 2.68. The topological polar surface area (TPSA) is 136 Å². The molecule has 0 aromatic heterocycles. The summed E-state index contributed by atoms with van der Waals surface area (Å²) in [7, 11) is -4.82. The molecule has 0 heterocycles. The summed E-state index contributed by atoms with van der Waals surface area (Å²) in [6.45, 7) is 0. The second-order valence-corrected chi connectivity index (χ2v) is 1.80. The normalized spacial score (nSPS) is 8.50. The fourth-order valence-electron chi connectivity index (χ4n) is 0.0901. The second-order valence-electron chi connectivity index (χ2n) is 0.777. The first-order chi connectivity index (χ1) is 3.42. The number of carboxylic acid groups (broad SMARTS) is 1. The quantitative estimate of drug-likeness (QED) is 0.400. The van der Waals surface area contributed by atoms with Gasteiger partial charge in [0.25, 0.3) is 0 Å². The average Bonchev–Trinajstić information content (AvgIpc) is 1.21. The number of carbonyl (C=O) groups is 1. The summed E-state index contributed by atoms with van der Waals surface area (Å²) in [6, 6.07) is 0. The first-order valence-electron chi connectivity index (χ1n) is 1.31. The minimum atomic E-state index is -4.82. The van der Waals surface area contributed by atoms with Crippen LogP contribution >= 0.6 is 0 Å². The molecule has 0 saturated heterocycles. The zero-order chi connectivity index (χ0) is 6.78. The predicted molar refractivity (Wildman–Crippen MR) is 25.7 cm³/mol. The Morgan fingerprint density at radius 2 is 1.70 bits per heavy atom. The molecule has 0 spiro atoms. The van der Waals surface area contributed by atoms with Crippen LogP contribution in [0.15, 0.2) is 0 Å². The molecule has 0 amide bonds. The standard InChI is InChI=1S/CH2O6S.Mn.H3N/c2-1(3)7-8(4,5)6;;/h(H,2,3)(H,4,5,6);;1H3. The van der Waals surface area contributed by atoms with Crippen LogP contribution in [-0.4, -0.2) is 24.2 Å². The van der Waals surface area contributed by atoms with Gasteiger partial charge in [0.15, 0.2) is 0 Å². The van der Waals surface area contributed by atoms with E-state index in [1.807, 2.05) is 0 Å². The fourth-order valence-corrected chi connectivity index (χ4v) is 0.270. The summed E-state index contributed by atoms with van der Waals surface area (Å²) in [5.74, 6) is 0. The zero-order valence-corrected chi connectivity index (χ0v) is 6.52. The SMILES string of the molecule is N.O=C(O)OS(=O)(=O)O.[Mn]. The minimum absolute atomic E-state index is 0. The minimum Gasteiger partial charge on any atom is -0.449 e. The maximum atomic E-state index is 9.39. The van der Waals surface area contributed by atoms with Crippen LogP contribution in [0.2, 0.25) is 0 Å². The maximum absolute atomic E-state index is 9.39. The summed E-state index contributed by atoms with van der Waals surface area (Å²) in [6.07, 6.45) is -2.06. The van der Waals surface area contributed by atoms with E-state index in [1.54, 1.807) is 0 Å². The number of hydrogen-bond acceptors (Lipinski definition) is 5. The molecule has 63 valence electrons. The van der Waals surface area contributed by atoms with Crippen LogP contribution in [0.3, 0.4) is 0 Å². The Morgan fingerprint density at radius 1 is 1.40 bits per heavy atom. The molecular formula is CH5MnNO6S. The Labute approximate surface area is 67.4 Å². The van der Waals surface area contributed by atoms with Gasteiger partial charge in [0, 0.05) is 17.1 Å². The van der Waals surface area contributed by atoms with Crippen molar-refractivity contribution in [2.45, 2.75) is 0 Å². The van der Waals surface area contributed by atoms with Crippen LogP contribution in [0.5, 0.6) is 0 Å². The van der Waals surface area contributed by atoms with Crippen LogP contribution in [0.1, 0.15) is 0 Å². The molecule has 5 N–H and O–H groups in total. The second kappa shape index (κ2) is 5.44. The van der Waals surface area contributed by atoms with Crippen LogP contribution in [0.4, 0.5) is 4.79 Å². The van der Waals surface area contributed by atoms with Crippen molar-refractivity contribution in [3.8, 4) is 0 Å². The molecular weight excluding hydrogens is 209 g/mol. The zero-order valence-electron chi connectivity index (χ0n) is 4.52. The Kier molecular flexibility index (Phi) is 8.89. The van der Waals surface area contributed by atoms with Crippen LogP contribution in [-0.2, 0) is 31.7 Å². The molecule has 0 fully saturated rings. The summed E-state index contributed by atoms with van der Waals surface area (Å²) in [4.78, 5) is 9.25. The molecule has 0 unspecified atom stereocenters. The van der Waals surface area contributed by atoms with Crippen molar-refractivity contribution < 1.29 is 44.1 Å². The van der Waals surface area contributed by atoms with Gasteiger partial charge in [0.1, 0.15) is 0 Å². The molecule has 7 nitrogen and oxygen atoms in total. The van der Waals surface area contributed by atoms with Crippen molar-refractivity contribution in [2.24, 2.45) is 0 Å². The molecule has 0 aliphatic carbocycles. The summed E-state index contributed by atoms with van der Waals surface area (Å²) in [5.41, 5.74) is 0. The molecule has 9 heteroatoms. The van der Waals surface area contributed by atoms with Crippen molar-refractivity contribution in [3.63, 3.8) is 0 Å². The van der Waals surface area contributed by atoms with Gasteiger partial charge in [0.2, 0.25) is 0 Å². The van der Waals surface area contributed by atoms with Crippen LogP contribution < -0.4 is 6.15 Å². The Hall–Kier alpha value is -0.341. The van der Waals surface area contributed by atoms with E-state index in [0.717, 1.165) is 0 Å². The third-order valence-corrected chi connectivity index (χ3v) is 0.530. The van der Waals surface area contributed by atoms with E-state index < -0.39 is 16.6 Å². The molecule has 1 radical (unpaired) electrons. The van der Waals surface area contributed by atoms with E-state index in [1.165, 1.54) is 0 Å². The van der Waals surface area contributed by atoms with E-state index >= 15 is 0 Å². The van der Waals surface area contributed by atoms with Gasteiger partial charge in [-0.15, -0.1) is 0 Å². The third-order valence-electron chi connectivity index (χ3n) is 0.177. The summed E-state index contributed by atoms with van der Waals surface area (Å²) in [5, 5.41) is 7.49. The van der Waals surface area contributed by atoms with E-state index in [2.05, 4.69) is 4.18 Å². The van der Waals surface area contributed by atoms with Crippen molar-refractivity contribution in [2.75, 3.05) is 0 Å². The Morgan fingerprint density at radius 3 is 1.70 bits per heavy atom. The van der Waals surface area contributed by atoms with Gasteiger partial charge in [-0.05, 0) is 0 Å². The van der Waals surface area contributed by atoms with Gasteiger partial charge < -0.3 is 11.3 Å². The molecule has 0 aliphatic rings. The fraction of sp³-hybridized carbons (Fsp3) is 0. The molecule has 0 atom stereocenters. The third kappa shape index (κ3) is 15.6. The van der Waals surface area contributed by atoms with Crippen molar-refractivity contribution >= 4 is 16.6 Å². The van der Waals surface area contributed by atoms with Crippen molar-refractivity contribution in [3.05, 3.63) is 0 Å². The average molecular weight is 214 g/mol. The van der Waals surface area contributed by atoms with Gasteiger partial charge in [-0.1, -0.05) is 0 Å². The monoisotopic (exact) mass is 214 g/mol. The number of hydrogen-bond donors (Lipinski definition) is 3. The van der Waals surface area contributed by atoms with E-state index in [-0.39, 0.29) is 23.2 Å². The molecule has 0 saturated carbocycles. The molecule has 0 aliphatic heterocycles. The van der Waals surface area contributed by atoms with Crippen LogP contribution in [0, 0.1) is 0 Å². The molecule has 0 bridgehead atoms. The summed E-state index contributed by atoms with van der Waals surface area (Å²) < 4.78 is 29.2. The van der Waals surface area contributed by atoms with Gasteiger partial charge in [-0.2, -0.15) is 8.42 Å². The van der Waals surface area contributed by atoms with E-state index in [4.69, 9.17) is 9.66 Å². The van der Waals surface area contributed by atoms with Gasteiger partial charge in [-0.3, -0.25) is 8.74 Å². The van der Waals surface area contributed by atoms with E-state index in [9.17, 15) is 13.2 Å². The van der Waals surface area contributed by atoms with Crippen molar-refractivity contribution in [1.82, 2.24) is 6.15 Å². The molecule has 0 aromatic carbocycles. The summed E-state index contributed by atoms with van der Waals surface area (Å²) >= 11 is 0. The molecule has 10 heavy (non-hydrogen) atoms. The van der Waals surface area contributed by atoms with E-state index in [0.29, 0.717) is 0 Å². The molecule has 0 rings (SSSR count). The Balaban J connectivity index is -0.000000245. The van der Waals surface area contributed by atoms with Crippen molar-refractivity contribution in [1.29, 1.82) is 0 Å². The first kappa shape index (κ1) is 16.3.